The van der Waals surface area contributed by atoms with Crippen LogP contribution in [0, 0.1) is 6.92 Å². The fourth-order valence-corrected chi connectivity index (χ4v) is 1.51. The highest BCUT2D eigenvalue weighted by molar-refractivity contribution is 5.65. The Bertz CT molecular complexity index is 459. The zero-order chi connectivity index (χ0) is 10.1. The topological polar surface area (TPSA) is 56.7 Å². The Kier molecular flexibility index (Phi) is 1.96. The predicted molar refractivity (Wildman–Crippen MR) is 55.6 cm³/mol. The minimum atomic E-state index is 0.779. The summed E-state index contributed by atoms with van der Waals surface area (Å²) < 4.78 is 1.75. The van der Waals surface area contributed by atoms with Crippen molar-refractivity contribution >= 4 is 5.69 Å². The molecule has 1 aromatic heterocycles. The largest absolute Gasteiger partial charge is 0.399 e. The van der Waals surface area contributed by atoms with Gasteiger partial charge in [-0.05, 0) is 24.6 Å². The summed E-state index contributed by atoms with van der Waals surface area (Å²) in [7, 11) is 1.87. The van der Waals surface area contributed by atoms with Crippen LogP contribution in [0.3, 0.4) is 0 Å². The average Bonchev–Trinajstić information content (AvgIpc) is 2.52. The lowest BCUT2D eigenvalue weighted by atomic mass is 10.1. The van der Waals surface area contributed by atoms with Gasteiger partial charge in [-0.15, -0.1) is 5.10 Å². The van der Waals surface area contributed by atoms with Crippen LogP contribution in [0.1, 0.15) is 5.56 Å². The fraction of sp³-hybridized carbons (Fsp3) is 0.200. The molecule has 0 radical (unpaired) electrons. The van der Waals surface area contributed by atoms with E-state index in [-0.39, 0.29) is 0 Å². The number of hydrogen-bond acceptors (Lipinski definition) is 3. The Morgan fingerprint density at radius 3 is 2.71 bits per heavy atom. The molecular weight excluding hydrogens is 176 g/mol. The maximum absolute atomic E-state index is 5.68. The van der Waals surface area contributed by atoms with Crippen LogP contribution in [0.2, 0.25) is 0 Å². The molecule has 0 aliphatic heterocycles. The van der Waals surface area contributed by atoms with Crippen molar-refractivity contribution in [1.29, 1.82) is 0 Å². The number of aromatic nitrogens is 3. The summed E-state index contributed by atoms with van der Waals surface area (Å²) in [6.07, 6.45) is 1.75. The molecule has 0 saturated carbocycles. The summed E-state index contributed by atoms with van der Waals surface area (Å²) >= 11 is 0. The van der Waals surface area contributed by atoms with Crippen LogP contribution < -0.4 is 5.73 Å². The van der Waals surface area contributed by atoms with E-state index in [1.54, 1.807) is 10.9 Å². The van der Waals surface area contributed by atoms with Gasteiger partial charge in [-0.25, -0.2) is 4.68 Å². The normalized spacial score (nSPS) is 10.4. The third kappa shape index (κ3) is 1.35. The van der Waals surface area contributed by atoms with Crippen molar-refractivity contribution in [3.05, 3.63) is 30.0 Å². The molecule has 0 saturated heterocycles. The summed E-state index contributed by atoms with van der Waals surface area (Å²) in [5.74, 6) is 0. The number of anilines is 1. The van der Waals surface area contributed by atoms with Crippen molar-refractivity contribution in [2.45, 2.75) is 6.92 Å². The van der Waals surface area contributed by atoms with Crippen molar-refractivity contribution in [3.63, 3.8) is 0 Å². The van der Waals surface area contributed by atoms with Gasteiger partial charge in [0.25, 0.3) is 0 Å². The number of rotatable bonds is 1. The van der Waals surface area contributed by atoms with Gasteiger partial charge in [-0.2, -0.15) is 0 Å². The van der Waals surface area contributed by atoms with Gasteiger partial charge in [-0.3, -0.25) is 0 Å². The lowest BCUT2D eigenvalue weighted by molar-refractivity contribution is 0.720. The van der Waals surface area contributed by atoms with E-state index in [4.69, 9.17) is 5.73 Å². The molecule has 1 heterocycles. The zero-order valence-electron chi connectivity index (χ0n) is 8.23. The molecule has 2 rings (SSSR count). The number of nitrogens with two attached hydrogens (primary N) is 1. The quantitative estimate of drug-likeness (QED) is 0.688. The lowest BCUT2D eigenvalue weighted by Gasteiger charge is -2.05. The first-order valence-corrected chi connectivity index (χ1v) is 4.39. The maximum Gasteiger partial charge on any atom is 0.0884 e. The molecule has 0 unspecified atom stereocenters. The Morgan fingerprint density at radius 1 is 1.36 bits per heavy atom. The number of benzene rings is 1. The van der Waals surface area contributed by atoms with Gasteiger partial charge < -0.3 is 5.73 Å². The van der Waals surface area contributed by atoms with Crippen molar-refractivity contribution in [3.8, 4) is 11.3 Å². The highest BCUT2D eigenvalue weighted by Crippen LogP contribution is 2.23. The van der Waals surface area contributed by atoms with E-state index in [0.29, 0.717) is 0 Å². The van der Waals surface area contributed by atoms with Gasteiger partial charge in [0.05, 0.1) is 11.9 Å². The number of hydrogen-bond donors (Lipinski definition) is 1. The highest BCUT2D eigenvalue weighted by Gasteiger charge is 2.06. The van der Waals surface area contributed by atoms with Crippen LogP contribution in [0.15, 0.2) is 24.4 Å². The minimum absolute atomic E-state index is 0.779. The molecule has 4 nitrogen and oxygen atoms in total. The van der Waals surface area contributed by atoms with E-state index in [0.717, 1.165) is 22.5 Å². The van der Waals surface area contributed by atoms with Crippen molar-refractivity contribution in [2.24, 2.45) is 7.05 Å². The van der Waals surface area contributed by atoms with Crippen LogP contribution in [0.25, 0.3) is 11.3 Å². The molecule has 0 bridgehead atoms. The van der Waals surface area contributed by atoms with Crippen molar-refractivity contribution in [1.82, 2.24) is 15.0 Å². The first-order chi connectivity index (χ1) is 6.68. The SMILES string of the molecule is Cc1cc(N)ccc1-c1cnnn1C. The summed E-state index contributed by atoms with van der Waals surface area (Å²) in [6.45, 7) is 2.03. The Balaban J connectivity index is 2.58. The monoisotopic (exact) mass is 188 g/mol. The van der Waals surface area contributed by atoms with Crippen LogP contribution in [-0.2, 0) is 7.05 Å². The summed E-state index contributed by atoms with van der Waals surface area (Å²) in [5, 5.41) is 7.74. The minimum Gasteiger partial charge on any atom is -0.399 e. The van der Waals surface area contributed by atoms with E-state index >= 15 is 0 Å². The smallest absolute Gasteiger partial charge is 0.0884 e. The van der Waals surface area contributed by atoms with E-state index < -0.39 is 0 Å². The van der Waals surface area contributed by atoms with E-state index in [1.165, 1.54) is 0 Å². The molecule has 1 aromatic carbocycles. The second kappa shape index (κ2) is 3.14. The standard InChI is InChI=1S/C10H12N4/c1-7-5-8(11)3-4-9(7)10-6-12-13-14(10)2/h3-6H,11H2,1-2H3. The van der Waals surface area contributed by atoms with E-state index in [2.05, 4.69) is 10.3 Å². The van der Waals surface area contributed by atoms with Crippen LogP contribution >= 0.6 is 0 Å². The first kappa shape index (κ1) is 8.74. The van der Waals surface area contributed by atoms with Gasteiger partial charge in [0.2, 0.25) is 0 Å². The van der Waals surface area contributed by atoms with Crippen molar-refractivity contribution < 1.29 is 0 Å². The summed E-state index contributed by atoms with van der Waals surface area (Å²) in [4.78, 5) is 0. The van der Waals surface area contributed by atoms with Crippen LogP contribution in [0.5, 0.6) is 0 Å². The van der Waals surface area contributed by atoms with E-state index in [1.807, 2.05) is 32.2 Å². The zero-order valence-corrected chi connectivity index (χ0v) is 8.23. The van der Waals surface area contributed by atoms with Gasteiger partial charge in [0, 0.05) is 18.3 Å². The molecule has 0 aliphatic carbocycles. The Labute approximate surface area is 82.4 Å². The molecule has 72 valence electrons. The number of nitrogen functional groups attached to an aromatic ring is 1. The van der Waals surface area contributed by atoms with Gasteiger partial charge in [-0.1, -0.05) is 11.3 Å². The van der Waals surface area contributed by atoms with Gasteiger partial charge in [0.1, 0.15) is 0 Å². The molecule has 0 fully saturated rings. The maximum atomic E-state index is 5.68. The summed E-state index contributed by atoms with van der Waals surface area (Å²) in [5.41, 5.74) is 9.71. The Hall–Kier alpha value is -1.84. The average molecular weight is 188 g/mol. The second-order valence-corrected chi connectivity index (χ2v) is 3.32. The van der Waals surface area contributed by atoms with E-state index in [9.17, 15) is 0 Å². The fourth-order valence-electron chi connectivity index (χ4n) is 1.51. The second-order valence-electron chi connectivity index (χ2n) is 3.32. The third-order valence-corrected chi connectivity index (χ3v) is 2.24. The number of nitrogens with zero attached hydrogens (tertiary/aromatic N) is 3. The molecule has 14 heavy (non-hydrogen) atoms. The van der Waals surface area contributed by atoms with Crippen LogP contribution in [-0.4, -0.2) is 15.0 Å². The lowest BCUT2D eigenvalue weighted by Crippen LogP contribution is -1.96. The van der Waals surface area contributed by atoms with Gasteiger partial charge >= 0.3 is 0 Å². The molecule has 2 N–H and O–H groups in total. The predicted octanol–water partition coefficient (Wildman–Crippen LogP) is 1.37. The molecular formula is C10H12N4. The molecule has 0 aliphatic rings. The molecule has 0 spiro atoms. The van der Waals surface area contributed by atoms with Crippen molar-refractivity contribution in [2.75, 3.05) is 5.73 Å². The molecule has 4 heteroatoms. The Morgan fingerprint density at radius 2 is 2.14 bits per heavy atom. The third-order valence-electron chi connectivity index (χ3n) is 2.24. The van der Waals surface area contributed by atoms with Gasteiger partial charge in [0.15, 0.2) is 0 Å². The molecule has 0 atom stereocenters. The first-order valence-electron chi connectivity index (χ1n) is 4.39. The highest BCUT2D eigenvalue weighted by atomic mass is 15.4. The molecule has 2 aromatic rings. The molecule has 0 amide bonds. The number of aryl methyl sites for hydroxylation is 2. The van der Waals surface area contributed by atoms with Crippen LogP contribution in [0.4, 0.5) is 5.69 Å². The summed E-state index contributed by atoms with van der Waals surface area (Å²) in [6, 6.07) is 5.82.